The Morgan fingerprint density at radius 2 is 1.82 bits per heavy atom. The minimum atomic E-state index is 0.572. The zero-order chi connectivity index (χ0) is 20.4. The second kappa shape index (κ2) is 11.4. The van der Waals surface area contributed by atoms with E-state index in [4.69, 9.17) is 4.99 Å². The normalized spacial score (nSPS) is 12.2. The van der Waals surface area contributed by atoms with Gasteiger partial charge in [0.05, 0.1) is 12.2 Å². The lowest BCUT2D eigenvalue weighted by molar-refractivity contribution is 0.173. The highest BCUT2D eigenvalue weighted by Gasteiger charge is 2.12. The number of benzene rings is 1. The Hall–Kier alpha value is -2.41. The van der Waals surface area contributed by atoms with Crippen molar-refractivity contribution in [2.45, 2.75) is 59.7 Å². The first kappa shape index (κ1) is 21.9. The molecule has 0 atom stereocenters. The number of nitrogens with one attached hydrogen (secondary N) is 2. The summed E-state index contributed by atoms with van der Waals surface area (Å²) in [6.45, 7) is 14.6. The van der Waals surface area contributed by atoms with E-state index in [0.717, 1.165) is 43.3 Å². The Kier molecular flexibility index (Phi) is 8.94. The van der Waals surface area contributed by atoms with Gasteiger partial charge in [-0.05, 0) is 58.7 Å². The molecule has 0 amide bonds. The highest BCUT2D eigenvalue weighted by Crippen LogP contribution is 2.09. The summed E-state index contributed by atoms with van der Waals surface area (Å²) in [6.07, 6.45) is 4.32. The third-order valence-electron chi connectivity index (χ3n) is 4.60. The zero-order valence-corrected chi connectivity index (χ0v) is 17.9. The van der Waals surface area contributed by atoms with Crippen LogP contribution in [0.1, 0.15) is 46.6 Å². The van der Waals surface area contributed by atoms with E-state index in [1.807, 2.05) is 12.1 Å². The Morgan fingerprint density at radius 1 is 1.11 bits per heavy atom. The summed E-state index contributed by atoms with van der Waals surface area (Å²) in [5, 5.41) is 10.9. The van der Waals surface area contributed by atoms with Crippen molar-refractivity contribution in [3.05, 3.63) is 42.5 Å². The molecule has 0 saturated heterocycles. The molecule has 1 aromatic heterocycles. The molecule has 28 heavy (non-hydrogen) atoms. The van der Waals surface area contributed by atoms with Gasteiger partial charge in [0, 0.05) is 31.7 Å². The maximum atomic E-state index is 4.71. The molecule has 2 rings (SSSR count). The van der Waals surface area contributed by atoms with Crippen LogP contribution >= 0.6 is 0 Å². The van der Waals surface area contributed by atoms with Crippen LogP contribution in [-0.2, 0) is 6.54 Å². The number of guanidine groups is 1. The topological polar surface area (TPSA) is 70.4 Å². The molecule has 7 nitrogen and oxygen atoms in total. The molecule has 0 aliphatic carbocycles. The van der Waals surface area contributed by atoms with E-state index in [1.165, 1.54) is 6.33 Å². The molecule has 1 aromatic carbocycles. The van der Waals surface area contributed by atoms with Gasteiger partial charge in [0.1, 0.15) is 12.7 Å². The lowest BCUT2D eigenvalue weighted by Crippen LogP contribution is -2.41. The smallest absolute Gasteiger partial charge is 0.191 e. The predicted octanol–water partition coefficient (Wildman–Crippen LogP) is 2.83. The van der Waals surface area contributed by atoms with Crippen LogP contribution in [-0.4, -0.2) is 57.3 Å². The zero-order valence-electron chi connectivity index (χ0n) is 17.9. The monoisotopic (exact) mass is 385 g/mol. The molecule has 2 aromatic rings. The van der Waals surface area contributed by atoms with E-state index in [2.05, 4.69) is 72.4 Å². The summed E-state index contributed by atoms with van der Waals surface area (Å²) in [5.74, 6) is 0.864. The van der Waals surface area contributed by atoms with Gasteiger partial charge in [0.2, 0.25) is 0 Å². The van der Waals surface area contributed by atoms with Gasteiger partial charge in [-0.15, -0.1) is 0 Å². The largest absolute Gasteiger partial charge is 0.357 e. The Labute approximate surface area is 169 Å². The van der Waals surface area contributed by atoms with Gasteiger partial charge in [-0.2, -0.15) is 5.10 Å². The van der Waals surface area contributed by atoms with Crippen LogP contribution in [0.5, 0.6) is 0 Å². The average Bonchev–Trinajstić information content (AvgIpc) is 3.20. The van der Waals surface area contributed by atoms with Gasteiger partial charge in [-0.1, -0.05) is 12.1 Å². The molecule has 0 spiro atoms. The molecule has 154 valence electrons. The van der Waals surface area contributed by atoms with Crippen molar-refractivity contribution < 1.29 is 0 Å². The molecule has 0 fully saturated rings. The quantitative estimate of drug-likeness (QED) is 0.374. The van der Waals surface area contributed by atoms with Crippen molar-refractivity contribution in [2.75, 3.05) is 19.6 Å². The molecule has 7 heteroatoms. The molecule has 0 unspecified atom stereocenters. The first-order chi connectivity index (χ1) is 13.5. The Bertz CT molecular complexity index is 682. The molecule has 1 heterocycles. The molecule has 0 aliphatic heterocycles. The maximum absolute atomic E-state index is 4.71. The molecule has 2 N–H and O–H groups in total. The third-order valence-corrected chi connectivity index (χ3v) is 4.60. The lowest BCUT2D eigenvalue weighted by atomic mass is 10.2. The van der Waals surface area contributed by atoms with Gasteiger partial charge in [-0.25, -0.2) is 14.7 Å². The summed E-state index contributed by atoms with van der Waals surface area (Å²) in [4.78, 5) is 11.2. The number of aliphatic imine (C=N–C) groups is 1. The van der Waals surface area contributed by atoms with Gasteiger partial charge >= 0.3 is 0 Å². The molecular formula is C21H35N7. The van der Waals surface area contributed by atoms with Crippen molar-refractivity contribution >= 4 is 5.96 Å². The van der Waals surface area contributed by atoms with Crippen LogP contribution in [0.4, 0.5) is 0 Å². The van der Waals surface area contributed by atoms with Gasteiger partial charge < -0.3 is 10.6 Å². The molecule has 0 aliphatic rings. The van der Waals surface area contributed by atoms with Crippen LogP contribution in [0.25, 0.3) is 5.69 Å². The fourth-order valence-electron chi connectivity index (χ4n) is 3.19. The van der Waals surface area contributed by atoms with Gasteiger partial charge in [-0.3, -0.25) is 4.90 Å². The van der Waals surface area contributed by atoms with Gasteiger partial charge in [0.15, 0.2) is 5.96 Å². The van der Waals surface area contributed by atoms with Crippen molar-refractivity contribution in [3.8, 4) is 5.69 Å². The SMILES string of the molecule is CCNC(=NCc1ccc(-n2cncn2)cc1)NCCCN(C(C)C)C(C)C. The average molecular weight is 386 g/mol. The summed E-state index contributed by atoms with van der Waals surface area (Å²) in [5.41, 5.74) is 2.15. The molecule has 0 radical (unpaired) electrons. The third kappa shape index (κ3) is 6.96. The van der Waals surface area contributed by atoms with Crippen molar-refractivity contribution in [3.63, 3.8) is 0 Å². The van der Waals surface area contributed by atoms with E-state index >= 15 is 0 Å². The fourth-order valence-corrected chi connectivity index (χ4v) is 3.19. The molecule has 0 bridgehead atoms. The Morgan fingerprint density at radius 3 is 2.39 bits per heavy atom. The Balaban J connectivity index is 1.84. The maximum Gasteiger partial charge on any atom is 0.191 e. The first-order valence-corrected chi connectivity index (χ1v) is 10.2. The van der Waals surface area contributed by atoms with E-state index in [-0.39, 0.29) is 0 Å². The summed E-state index contributed by atoms with van der Waals surface area (Å²) in [6, 6.07) is 9.36. The molecule has 0 saturated carbocycles. The first-order valence-electron chi connectivity index (χ1n) is 10.2. The molecular weight excluding hydrogens is 350 g/mol. The minimum Gasteiger partial charge on any atom is -0.357 e. The van der Waals surface area contributed by atoms with E-state index in [1.54, 1.807) is 11.0 Å². The van der Waals surface area contributed by atoms with Crippen LogP contribution < -0.4 is 10.6 Å². The number of aromatic nitrogens is 3. The van der Waals surface area contributed by atoms with E-state index < -0.39 is 0 Å². The van der Waals surface area contributed by atoms with Crippen LogP contribution in [0.2, 0.25) is 0 Å². The number of hydrogen-bond donors (Lipinski definition) is 2. The summed E-state index contributed by atoms with van der Waals surface area (Å²) in [7, 11) is 0. The number of rotatable bonds is 10. The van der Waals surface area contributed by atoms with Crippen LogP contribution in [0, 0.1) is 0 Å². The minimum absolute atomic E-state index is 0.572. The second-order valence-corrected chi connectivity index (χ2v) is 7.41. The van der Waals surface area contributed by atoms with Crippen LogP contribution in [0.15, 0.2) is 41.9 Å². The fraction of sp³-hybridized carbons (Fsp3) is 0.571. The van der Waals surface area contributed by atoms with E-state index in [9.17, 15) is 0 Å². The van der Waals surface area contributed by atoms with Crippen molar-refractivity contribution in [2.24, 2.45) is 4.99 Å². The number of hydrogen-bond acceptors (Lipinski definition) is 4. The van der Waals surface area contributed by atoms with Crippen molar-refractivity contribution in [1.82, 2.24) is 30.3 Å². The van der Waals surface area contributed by atoms with Crippen LogP contribution in [0.3, 0.4) is 0 Å². The lowest BCUT2D eigenvalue weighted by Gasteiger charge is -2.30. The highest BCUT2D eigenvalue weighted by atomic mass is 15.3. The number of nitrogens with zero attached hydrogens (tertiary/aromatic N) is 5. The highest BCUT2D eigenvalue weighted by molar-refractivity contribution is 5.79. The van der Waals surface area contributed by atoms with Gasteiger partial charge in [0.25, 0.3) is 0 Å². The van der Waals surface area contributed by atoms with E-state index in [0.29, 0.717) is 18.6 Å². The summed E-state index contributed by atoms with van der Waals surface area (Å²) < 4.78 is 1.75. The van der Waals surface area contributed by atoms with Crippen molar-refractivity contribution in [1.29, 1.82) is 0 Å². The second-order valence-electron chi connectivity index (χ2n) is 7.41. The summed E-state index contributed by atoms with van der Waals surface area (Å²) >= 11 is 0. The standard InChI is InChI=1S/C21H35N7/c1-6-23-21(24-12-7-13-27(17(2)3)18(4)5)25-14-19-8-10-20(11-9-19)28-16-22-15-26-28/h8-11,15-18H,6-7,12-14H2,1-5H3,(H2,23,24,25). The predicted molar refractivity (Wildman–Crippen MR) is 116 cm³/mol.